The fourth-order valence-corrected chi connectivity index (χ4v) is 2.30. The quantitative estimate of drug-likeness (QED) is 0.339. The maximum absolute atomic E-state index is 8.75. The lowest BCUT2D eigenvalue weighted by molar-refractivity contribution is 0.273. The highest BCUT2D eigenvalue weighted by atomic mass is 16.4. The molecule has 3 N–H and O–H groups in total. The van der Waals surface area contributed by atoms with Crippen LogP contribution in [0.2, 0.25) is 0 Å². The summed E-state index contributed by atoms with van der Waals surface area (Å²) >= 11 is 0. The predicted molar refractivity (Wildman–Crippen MR) is 73.6 cm³/mol. The third kappa shape index (κ3) is 2.93. The molecule has 7 heteroatoms. The molecule has 7 nitrogen and oxygen atoms in total. The van der Waals surface area contributed by atoms with Gasteiger partial charge in [-0.15, -0.1) is 0 Å². The van der Waals surface area contributed by atoms with Crippen molar-refractivity contribution in [1.82, 2.24) is 14.9 Å². The maximum Gasteiger partial charge on any atom is 0.226 e. The first-order chi connectivity index (χ1) is 9.01. The Morgan fingerprint density at radius 3 is 2.84 bits per heavy atom. The first kappa shape index (κ1) is 13.5. The number of aromatic nitrogens is 2. The second-order valence-corrected chi connectivity index (χ2v) is 4.98. The average Bonchev–Trinajstić information content (AvgIpc) is 2.37. The van der Waals surface area contributed by atoms with Crippen molar-refractivity contribution < 1.29 is 5.21 Å². The molecule has 0 spiro atoms. The summed E-state index contributed by atoms with van der Waals surface area (Å²) in [6.45, 7) is 6.83. The Morgan fingerprint density at radius 2 is 2.21 bits per heavy atom. The van der Waals surface area contributed by atoms with Gasteiger partial charge in [-0.3, -0.25) is 0 Å². The van der Waals surface area contributed by atoms with Crippen LogP contribution in [0.3, 0.4) is 0 Å². The van der Waals surface area contributed by atoms with Crippen LogP contribution >= 0.6 is 0 Å². The fourth-order valence-electron chi connectivity index (χ4n) is 2.30. The van der Waals surface area contributed by atoms with Gasteiger partial charge in [-0.25, -0.2) is 9.97 Å². The zero-order valence-electron chi connectivity index (χ0n) is 11.5. The Bertz CT molecular complexity index is 489. The van der Waals surface area contributed by atoms with Crippen LogP contribution in [0.1, 0.15) is 18.3 Å². The predicted octanol–water partition coefficient (Wildman–Crippen LogP) is 0.0198. The minimum atomic E-state index is 0.00790. The number of rotatable bonds is 2. The standard InChI is InChI=1S/C12H20N6O/c1-8-6-10(11(13)16-19)15-12(14-8)18-5-4-17(3)7-9(18)2/h6,9,19H,4-5,7H2,1-3H3,(H2,13,16). The molecule has 1 aromatic rings. The van der Waals surface area contributed by atoms with Gasteiger partial charge in [-0.2, -0.15) is 0 Å². The zero-order chi connectivity index (χ0) is 14.0. The lowest BCUT2D eigenvalue weighted by Crippen LogP contribution is -2.51. The van der Waals surface area contributed by atoms with Gasteiger partial charge in [-0.1, -0.05) is 5.16 Å². The van der Waals surface area contributed by atoms with E-state index in [0.29, 0.717) is 17.7 Å². The number of nitrogens with zero attached hydrogens (tertiary/aromatic N) is 5. The van der Waals surface area contributed by atoms with Gasteiger partial charge in [0, 0.05) is 31.4 Å². The van der Waals surface area contributed by atoms with E-state index in [1.807, 2.05) is 6.92 Å². The first-order valence-corrected chi connectivity index (χ1v) is 6.30. The van der Waals surface area contributed by atoms with E-state index in [4.69, 9.17) is 10.9 Å². The van der Waals surface area contributed by atoms with Crippen LogP contribution in [-0.2, 0) is 0 Å². The molecule has 1 aliphatic rings. The van der Waals surface area contributed by atoms with Crippen molar-refractivity contribution >= 4 is 11.8 Å². The highest BCUT2D eigenvalue weighted by Gasteiger charge is 2.24. The molecule has 0 aromatic carbocycles. The van der Waals surface area contributed by atoms with Gasteiger partial charge in [0.05, 0.1) is 0 Å². The lowest BCUT2D eigenvalue weighted by Gasteiger charge is -2.38. The van der Waals surface area contributed by atoms with Gasteiger partial charge in [0.1, 0.15) is 5.69 Å². The number of piperazine rings is 1. The number of aryl methyl sites for hydroxylation is 1. The molecule has 1 fully saturated rings. The number of hydrogen-bond acceptors (Lipinski definition) is 6. The lowest BCUT2D eigenvalue weighted by atomic mass is 10.2. The molecule has 19 heavy (non-hydrogen) atoms. The summed E-state index contributed by atoms with van der Waals surface area (Å²) in [6, 6.07) is 2.04. The molecule has 1 saturated heterocycles. The van der Waals surface area contributed by atoms with Crippen LogP contribution in [0.5, 0.6) is 0 Å². The van der Waals surface area contributed by atoms with Gasteiger partial charge >= 0.3 is 0 Å². The minimum Gasteiger partial charge on any atom is -0.409 e. The SMILES string of the molecule is Cc1cc(/C(N)=N/O)nc(N2CCN(C)CC2C)n1. The fraction of sp³-hybridized carbons (Fsp3) is 0.583. The van der Waals surface area contributed by atoms with E-state index in [-0.39, 0.29) is 5.84 Å². The molecule has 0 bridgehead atoms. The largest absolute Gasteiger partial charge is 0.409 e. The summed E-state index contributed by atoms with van der Waals surface area (Å²) in [5.41, 5.74) is 6.86. The van der Waals surface area contributed by atoms with Crippen LogP contribution < -0.4 is 10.6 Å². The molecule has 1 aliphatic heterocycles. The normalized spacial score (nSPS) is 21.7. The van der Waals surface area contributed by atoms with Gasteiger partial charge in [0.2, 0.25) is 5.95 Å². The Balaban J connectivity index is 2.32. The molecule has 0 radical (unpaired) electrons. The van der Waals surface area contributed by atoms with Crippen molar-refractivity contribution in [2.24, 2.45) is 10.9 Å². The van der Waals surface area contributed by atoms with E-state index in [0.717, 1.165) is 25.3 Å². The van der Waals surface area contributed by atoms with Crippen molar-refractivity contribution in [2.45, 2.75) is 19.9 Å². The summed E-state index contributed by atoms with van der Waals surface area (Å²) in [4.78, 5) is 13.3. The van der Waals surface area contributed by atoms with Crippen LogP contribution in [0.4, 0.5) is 5.95 Å². The first-order valence-electron chi connectivity index (χ1n) is 6.30. The van der Waals surface area contributed by atoms with E-state index in [2.05, 4.69) is 38.9 Å². The van der Waals surface area contributed by atoms with Crippen LogP contribution in [-0.4, -0.2) is 58.6 Å². The molecule has 1 aromatic heterocycles. The maximum atomic E-state index is 8.75. The summed E-state index contributed by atoms with van der Waals surface area (Å²) in [7, 11) is 2.10. The molecule has 1 atom stereocenters. The Labute approximate surface area is 112 Å². The van der Waals surface area contributed by atoms with Gasteiger partial charge in [0.25, 0.3) is 0 Å². The van der Waals surface area contributed by atoms with Crippen LogP contribution in [0.25, 0.3) is 0 Å². The van der Waals surface area contributed by atoms with Crippen LogP contribution in [0.15, 0.2) is 11.2 Å². The molecule has 0 aliphatic carbocycles. The topological polar surface area (TPSA) is 90.9 Å². The van der Waals surface area contributed by atoms with Crippen LogP contribution in [0, 0.1) is 6.92 Å². The third-order valence-electron chi connectivity index (χ3n) is 3.30. The van der Waals surface area contributed by atoms with Gasteiger partial charge in [0.15, 0.2) is 5.84 Å². The number of hydrogen-bond donors (Lipinski definition) is 2. The van der Waals surface area contributed by atoms with Gasteiger partial charge < -0.3 is 20.7 Å². The molecule has 104 valence electrons. The average molecular weight is 264 g/mol. The van der Waals surface area contributed by atoms with E-state index >= 15 is 0 Å². The Hall–Kier alpha value is -1.89. The summed E-state index contributed by atoms with van der Waals surface area (Å²) in [5.74, 6) is 0.649. The number of likely N-dealkylation sites (N-methyl/N-ethyl adjacent to an activating group) is 1. The van der Waals surface area contributed by atoms with Gasteiger partial charge in [-0.05, 0) is 27.0 Å². The highest BCUT2D eigenvalue weighted by Crippen LogP contribution is 2.17. The molecule has 2 heterocycles. The summed E-state index contributed by atoms with van der Waals surface area (Å²) < 4.78 is 0. The Morgan fingerprint density at radius 1 is 1.47 bits per heavy atom. The van der Waals surface area contributed by atoms with Crippen molar-refractivity contribution in [3.8, 4) is 0 Å². The summed E-state index contributed by atoms with van der Waals surface area (Å²) in [6.07, 6.45) is 0. The monoisotopic (exact) mass is 264 g/mol. The van der Waals surface area contributed by atoms with Crippen molar-refractivity contribution in [3.63, 3.8) is 0 Å². The molecular formula is C12H20N6O. The van der Waals surface area contributed by atoms with E-state index in [1.54, 1.807) is 6.07 Å². The number of amidine groups is 1. The van der Waals surface area contributed by atoms with E-state index in [1.165, 1.54) is 0 Å². The second kappa shape index (κ2) is 5.40. The Kier molecular flexibility index (Phi) is 3.84. The minimum absolute atomic E-state index is 0.00790. The number of oxime groups is 1. The number of anilines is 1. The van der Waals surface area contributed by atoms with Crippen molar-refractivity contribution in [3.05, 3.63) is 17.5 Å². The second-order valence-electron chi connectivity index (χ2n) is 4.98. The summed E-state index contributed by atoms with van der Waals surface area (Å²) in [5, 5.41) is 11.7. The molecular weight excluding hydrogens is 244 g/mol. The van der Waals surface area contributed by atoms with E-state index in [9.17, 15) is 0 Å². The smallest absolute Gasteiger partial charge is 0.226 e. The van der Waals surface area contributed by atoms with Crippen molar-refractivity contribution in [1.29, 1.82) is 0 Å². The third-order valence-corrected chi connectivity index (χ3v) is 3.30. The molecule has 1 unspecified atom stereocenters. The zero-order valence-corrected chi connectivity index (χ0v) is 11.5. The number of nitrogens with two attached hydrogens (primary N) is 1. The molecule has 0 saturated carbocycles. The molecule has 0 amide bonds. The highest BCUT2D eigenvalue weighted by molar-refractivity contribution is 5.95. The molecule has 2 rings (SSSR count). The van der Waals surface area contributed by atoms with E-state index < -0.39 is 0 Å². The van der Waals surface area contributed by atoms with Crippen molar-refractivity contribution in [2.75, 3.05) is 31.6 Å².